The second-order valence-electron chi connectivity index (χ2n) is 25.1. The lowest BCUT2D eigenvalue weighted by Crippen LogP contribution is -2.55. The van der Waals surface area contributed by atoms with E-state index in [1.54, 1.807) is 6.92 Å². The highest BCUT2D eigenvalue weighted by Gasteiger charge is 2.57. The smallest absolute Gasteiger partial charge is 0.451 e. The lowest BCUT2D eigenvalue weighted by atomic mass is 9.78. The lowest BCUT2D eigenvalue weighted by Gasteiger charge is -2.28. The molecule has 5 aliphatic heterocycles. The van der Waals surface area contributed by atoms with E-state index in [0.717, 1.165) is 17.2 Å². The maximum absolute atomic E-state index is 12.5. The summed E-state index contributed by atoms with van der Waals surface area (Å²) in [7, 11) is -23.2. The van der Waals surface area contributed by atoms with E-state index in [0.29, 0.717) is 38.8 Å². The molecule has 0 amide bonds. The monoisotopic (exact) mass is 1500 g/mol. The molecule has 0 aromatic carbocycles. The Labute approximate surface area is 566 Å². The third-order valence-electron chi connectivity index (χ3n) is 17.6. The summed E-state index contributed by atoms with van der Waals surface area (Å²) in [6.45, 7) is -1.73. The van der Waals surface area contributed by atoms with Crippen LogP contribution in [0.3, 0.4) is 0 Å². The second-order valence-corrected chi connectivity index (χ2v) is 31.5. The fraction of sp³-hybridized carbons (Fsp3) is 0.870. The van der Waals surface area contributed by atoms with Crippen molar-refractivity contribution in [1.82, 2.24) is 22.5 Å². The molecule has 5 saturated heterocycles. The predicted octanol–water partition coefficient (Wildman–Crippen LogP) is -11.5. The van der Waals surface area contributed by atoms with Crippen molar-refractivity contribution in [3.63, 3.8) is 0 Å². The van der Waals surface area contributed by atoms with Crippen LogP contribution in [0, 0.1) is 23.7 Å². The zero-order chi connectivity index (χ0) is 75.1. The van der Waals surface area contributed by atoms with Gasteiger partial charge < -0.3 is 116 Å². The van der Waals surface area contributed by atoms with E-state index >= 15 is 0 Å². The van der Waals surface area contributed by atoms with Crippen LogP contribution in [-0.4, -0.2) is 317 Å². The number of hydrogen-bond acceptors (Lipinski definition) is 34. The Morgan fingerprint density at radius 1 is 0.459 bits per heavy atom. The maximum Gasteiger partial charge on any atom is 0.451 e. The zero-order valence-corrected chi connectivity index (χ0v) is 56.7. The Morgan fingerprint density at radius 3 is 0.929 bits per heavy atom. The van der Waals surface area contributed by atoms with Crippen molar-refractivity contribution < 1.29 is 150 Å². The molecule has 44 nitrogen and oxygen atoms in total. The van der Waals surface area contributed by atoms with E-state index in [4.69, 9.17) is 98.9 Å². The molecule has 0 bridgehead atoms. The van der Waals surface area contributed by atoms with Gasteiger partial charge in [-0.05, 0) is 70.7 Å². The topological polar surface area (TPSA) is 766 Å². The Morgan fingerprint density at radius 2 is 0.714 bits per heavy atom. The highest BCUT2D eigenvalue weighted by molar-refractivity contribution is 7.85. The molecule has 0 aromatic rings. The molecule has 1 aliphatic carbocycles. The van der Waals surface area contributed by atoms with Crippen molar-refractivity contribution in [2.75, 3.05) is 78.7 Å². The summed E-state index contributed by atoms with van der Waals surface area (Å²) in [4.78, 5) is 67.2. The molecule has 6 aliphatic rings. The molecule has 29 N–H and O–H groups in total. The average molecular weight is 1500 g/mol. The minimum atomic E-state index is -4.42. The van der Waals surface area contributed by atoms with E-state index in [9.17, 15) is 82.9 Å². The third-order valence-corrected chi connectivity index (χ3v) is 23.2. The van der Waals surface area contributed by atoms with Crippen LogP contribution in [0.1, 0.15) is 71.1 Å². The Hall–Kier alpha value is -4.08. The van der Waals surface area contributed by atoms with Crippen LogP contribution >= 0.6 is 0 Å². The molecule has 52 heteroatoms. The van der Waals surface area contributed by atoms with Crippen molar-refractivity contribution in [2.24, 2.45) is 63.8 Å². The third kappa shape index (κ3) is 24.8. The van der Waals surface area contributed by atoms with Crippen molar-refractivity contribution in [1.29, 1.82) is 0 Å². The van der Waals surface area contributed by atoms with Crippen LogP contribution in [0.25, 0.3) is 0 Å². The number of carbonyl (C=O) groups is 6. The summed E-state index contributed by atoms with van der Waals surface area (Å²) >= 11 is 0. The molecule has 1 saturated carbocycles. The van der Waals surface area contributed by atoms with Crippen molar-refractivity contribution in [3.05, 3.63) is 0 Å². The van der Waals surface area contributed by atoms with E-state index in [1.165, 1.54) is 0 Å². The lowest BCUT2D eigenvalue weighted by molar-refractivity contribution is -0.145. The first-order chi connectivity index (χ1) is 44.8. The van der Waals surface area contributed by atoms with E-state index in [2.05, 4.69) is 13.7 Å². The van der Waals surface area contributed by atoms with Gasteiger partial charge in [0, 0.05) is 94.7 Å². The van der Waals surface area contributed by atoms with Crippen LogP contribution < -0.4 is 45.5 Å². The van der Waals surface area contributed by atoms with Gasteiger partial charge in [0.25, 0.3) is 0 Å². The first kappa shape index (κ1) is 88.1. The van der Waals surface area contributed by atoms with Gasteiger partial charge in [0.2, 0.25) is 0 Å². The van der Waals surface area contributed by atoms with Crippen LogP contribution in [0.4, 0.5) is 0 Å². The van der Waals surface area contributed by atoms with Crippen LogP contribution in [0.15, 0.2) is 0 Å². The number of rotatable bonds is 37. The molecule has 98 heavy (non-hydrogen) atoms. The second kappa shape index (κ2) is 36.4. The molecule has 0 spiro atoms. The summed E-state index contributed by atoms with van der Waals surface area (Å²) in [5.41, 5.74) is 32.0. The van der Waals surface area contributed by atoms with Crippen molar-refractivity contribution in [2.45, 2.75) is 148 Å². The van der Waals surface area contributed by atoms with Gasteiger partial charge in [-0.3, -0.25) is 45.5 Å². The van der Waals surface area contributed by atoms with Gasteiger partial charge in [-0.1, -0.05) is 25.7 Å². The Balaban J connectivity index is 0.000000340. The number of aliphatic carboxylic acids is 6. The highest BCUT2D eigenvalue weighted by Crippen LogP contribution is 2.40. The number of carboxylic acids is 6. The number of nitrogens with zero attached hydrogens (tertiary/aromatic N) is 4. The largest absolute Gasteiger partial charge is 0.480 e. The summed E-state index contributed by atoms with van der Waals surface area (Å²) in [6.07, 6.45) is 2.23. The number of nitrogens with one attached hydrogen (secondary N) is 1. The van der Waals surface area contributed by atoms with Gasteiger partial charge in [0.05, 0.1) is 19.3 Å². The summed E-state index contributed by atoms with van der Waals surface area (Å²) < 4.78 is 121. The minimum absolute atomic E-state index is 0.0110. The van der Waals surface area contributed by atoms with Gasteiger partial charge >= 0.3 is 106 Å². The maximum atomic E-state index is 12.5. The number of carboxylic acid groups (broad SMARTS) is 6. The van der Waals surface area contributed by atoms with Gasteiger partial charge in [-0.2, -0.15) is 50.9 Å². The van der Waals surface area contributed by atoms with Gasteiger partial charge in [-0.15, -0.1) is 0 Å². The van der Waals surface area contributed by atoms with Crippen molar-refractivity contribution >= 4 is 106 Å². The predicted molar refractivity (Wildman–Crippen MR) is 339 cm³/mol. The van der Waals surface area contributed by atoms with Crippen LogP contribution in [0.2, 0.25) is 25.3 Å². The molecular formula is C46H92B4N12O32S4. The minimum Gasteiger partial charge on any atom is -0.480 e. The Kier molecular flexibility index (Phi) is 32.7. The summed E-state index contributed by atoms with van der Waals surface area (Å²) in [5, 5.41) is 129. The van der Waals surface area contributed by atoms with Gasteiger partial charge in [0.1, 0.15) is 40.3 Å². The van der Waals surface area contributed by atoms with Gasteiger partial charge in [0.15, 0.2) is 0 Å². The normalized spacial score (nSPS) is 27.7. The van der Waals surface area contributed by atoms with E-state index in [1.807, 2.05) is 0 Å². The molecule has 564 valence electrons. The molecule has 6 rings (SSSR count). The zero-order valence-electron chi connectivity index (χ0n) is 53.4. The SMILES string of the molecule is C[C@@H](OS(=O)(=O)N1C[C@H](CCCB(O)O)[C@](N)(C(=O)O)C1)C1(N)CC1.N[C@@H](COS(=O)(=O)N1C[C@H](CCCB(O)O)[C@](N)(C(=O)O)C1)C(=O)O.N[C@@]1(C(=O)O)CN(S(=O)(=O)OC2CNC2)C[C@@H]1CCCB(O)O.N[C@H](COS(=O)(=O)N1C[C@H](CCCB(O)O)[C@](N)(C(=O)O)C1)C(=O)O. The molecule has 11 atom stereocenters. The standard InChI is InChI=1S/C13H26BN3O7S.2C11H22BN3O9S.C11H22BN3O7S/c1-9(12(15)4-5-12)24-25(22,23)17-7-10(3-2-6-14(20)21)13(16,8-17)11(18)19;2*13-8(9(16)17)5-24-25(22,23)15-4-7(2-1-3-12(20)21)11(14,6-15)10(18)19;13-11(10(16)17)7-15(6-8(11)2-1-3-12(18)19)23(20,21)22-9-4-14-5-9/h9-10,20-21H,2-8,15-16H2,1H3,(H,18,19);2*7-8,20-21H,1-6,13-14H2,(H,16,17)(H,18,19);8-9,14,18-19H,1-7,13H2,(H,16,17)/t9-,10+,13+;7-,8+,11-;7-,8-,11-;8-,11-/m1000/s1. The fourth-order valence-electron chi connectivity index (χ4n) is 10.9. The summed E-state index contributed by atoms with van der Waals surface area (Å²) in [5.74, 6) is -11.1. The van der Waals surface area contributed by atoms with Gasteiger partial charge in [-0.25, -0.2) is 0 Å². The summed E-state index contributed by atoms with van der Waals surface area (Å²) in [6, 6.07) is -3.11. The molecule has 5 heterocycles. The fourth-order valence-corrected chi connectivity index (χ4v) is 16.0. The van der Waals surface area contributed by atoms with Crippen molar-refractivity contribution in [3.8, 4) is 0 Å². The first-order valence-electron chi connectivity index (χ1n) is 30.5. The average Bonchev–Trinajstić information content (AvgIpc) is 1.64. The Bertz CT molecular complexity index is 3070. The molecule has 0 aromatic heterocycles. The number of hydrogen-bond donors (Lipinski definition) is 22. The van der Waals surface area contributed by atoms with Crippen LogP contribution in [-0.2, 0) is 86.7 Å². The molecule has 0 unspecified atom stereocenters. The first-order valence-corrected chi connectivity index (χ1v) is 36.0. The number of nitrogens with two attached hydrogens (primary N) is 7. The van der Waals surface area contributed by atoms with E-state index in [-0.39, 0.29) is 96.5 Å². The van der Waals surface area contributed by atoms with Crippen LogP contribution in [0.5, 0.6) is 0 Å². The highest BCUT2D eigenvalue weighted by atomic mass is 32.2. The molecular weight excluding hydrogens is 1400 g/mol. The quantitative estimate of drug-likeness (QED) is 0.0257. The molecule has 6 fully saturated rings. The molecule has 0 radical (unpaired) electrons. The van der Waals surface area contributed by atoms with E-state index < -0.39 is 214 Å².